The molecule has 22 heteroatoms. The lowest BCUT2D eigenvalue weighted by atomic mass is 10.1. The van der Waals surface area contributed by atoms with Crippen LogP contribution in [0.1, 0.15) is 106 Å². The third-order valence-electron chi connectivity index (χ3n) is 16.0. The number of nitrogens with zero attached hydrogens (tertiary/aromatic N) is 1. The maximum absolute atomic E-state index is 12.2. The molecule has 550 valence electrons. The largest absolute Gasteiger partial charge is 0.469 e. The van der Waals surface area contributed by atoms with E-state index in [1.807, 2.05) is 112 Å². The maximum Gasteiger partial charge on any atom is 0.335 e. The molecule has 13 aromatic rings. The van der Waals surface area contributed by atoms with Gasteiger partial charge in [0.05, 0.1) is 48.7 Å². The SMILES string of the molecule is CCOP(=O)(Cc1ccc(I)cc1)OCC.COC(=O)CCc1ccc(N(c2ccccc2)c2ccc(/C=C/c3sc(-c4sc(Cl)cc4C)cc3C)cc2)cc1.Cc1cc(-c2sc(Cl)cc2C)sc1/C=C/c1ccc(I)cc1.Cc1cc(-c2sc(Cl)cc2C)sc1C=O.Cc1csc(-c2sc(Cl)cc2C)c1. The van der Waals surface area contributed by atoms with Crippen molar-refractivity contribution in [2.75, 3.05) is 25.2 Å². The van der Waals surface area contributed by atoms with Crippen LogP contribution >= 0.6 is 190 Å². The number of aldehydes is 1. The zero-order valence-corrected chi connectivity index (χ0v) is 74.9. The van der Waals surface area contributed by atoms with Crippen LogP contribution in [0, 0.1) is 62.5 Å². The van der Waals surface area contributed by atoms with Crippen LogP contribution < -0.4 is 4.90 Å². The Balaban J connectivity index is 0.000000166. The second-order valence-electron chi connectivity index (χ2n) is 24.3. The first-order valence-electron chi connectivity index (χ1n) is 33.5. The molecule has 0 unspecified atom stereocenters. The number of ether oxygens (including phenoxy) is 1. The van der Waals surface area contributed by atoms with Crippen molar-refractivity contribution in [3.63, 3.8) is 0 Å². The molecule has 0 amide bonds. The van der Waals surface area contributed by atoms with E-state index in [2.05, 4.69) is 224 Å². The quantitative estimate of drug-likeness (QED) is 0.0307. The molecule has 0 saturated heterocycles. The zero-order chi connectivity index (χ0) is 76.2. The minimum absolute atomic E-state index is 0.193. The van der Waals surface area contributed by atoms with Crippen LogP contribution in [0.2, 0.25) is 17.3 Å². The van der Waals surface area contributed by atoms with Gasteiger partial charge in [0.1, 0.15) is 0 Å². The lowest BCUT2D eigenvalue weighted by molar-refractivity contribution is -0.140. The van der Waals surface area contributed by atoms with Crippen molar-refractivity contribution in [2.45, 2.75) is 88.2 Å². The summed E-state index contributed by atoms with van der Waals surface area (Å²) in [6, 6.07) is 60.6. The lowest BCUT2D eigenvalue weighted by Gasteiger charge is -2.25. The van der Waals surface area contributed by atoms with Crippen LogP contribution in [0.4, 0.5) is 17.1 Å². The molecule has 106 heavy (non-hydrogen) atoms. The molecule has 0 atom stereocenters. The van der Waals surface area contributed by atoms with Crippen LogP contribution in [0.15, 0.2) is 181 Å². The lowest BCUT2D eigenvalue weighted by Crippen LogP contribution is -2.10. The third kappa shape index (κ3) is 24.7. The Morgan fingerprint density at radius 1 is 0.453 bits per heavy atom. The number of esters is 1. The van der Waals surface area contributed by atoms with Crippen LogP contribution in [-0.4, -0.2) is 32.6 Å². The summed E-state index contributed by atoms with van der Waals surface area (Å²) in [6.07, 6.45) is 11.0. The summed E-state index contributed by atoms with van der Waals surface area (Å²) < 4.78 is 33.2. The highest BCUT2D eigenvalue weighted by molar-refractivity contribution is 14.1. The number of thiophene rings is 8. The Labute approximate surface area is 703 Å². The van der Waals surface area contributed by atoms with Gasteiger partial charge in [0.2, 0.25) is 0 Å². The minimum Gasteiger partial charge on any atom is -0.469 e. The third-order valence-corrected chi connectivity index (χ3v) is 30.3. The average Bonchev–Trinajstić information content (AvgIpc) is 1.19. The maximum atomic E-state index is 12.2. The minimum atomic E-state index is -2.96. The van der Waals surface area contributed by atoms with Crippen LogP contribution in [0.5, 0.6) is 0 Å². The molecule has 5 aromatic carbocycles. The summed E-state index contributed by atoms with van der Waals surface area (Å²) in [5.74, 6) is -0.193. The van der Waals surface area contributed by atoms with Gasteiger partial charge in [-0.1, -0.05) is 125 Å². The molecule has 7 nitrogen and oxygen atoms in total. The first-order chi connectivity index (χ1) is 50.8. The number of rotatable bonds is 21. The number of hydrogen-bond donors (Lipinski definition) is 0. The van der Waals surface area contributed by atoms with Crippen molar-refractivity contribution in [3.05, 3.63) is 287 Å². The van der Waals surface area contributed by atoms with Crippen molar-refractivity contribution < 1.29 is 27.9 Å². The van der Waals surface area contributed by atoms with E-state index in [1.165, 1.54) is 110 Å². The molecule has 0 aliphatic heterocycles. The highest BCUT2D eigenvalue weighted by atomic mass is 127. The summed E-state index contributed by atoms with van der Waals surface area (Å²) in [5, 5.41) is 2.17. The van der Waals surface area contributed by atoms with Gasteiger partial charge in [-0.2, -0.15) is 0 Å². The van der Waals surface area contributed by atoms with Gasteiger partial charge in [-0.15, -0.1) is 90.7 Å². The summed E-state index contributed by atoms with van der Waals surface area (Å²) in [6.45, 7) is 21.2. The first kappa shape index (κ1) is 84.9. The number of hydrogen-bond acceptors (Lipinski definition) is 15. The number of halogens is 6. The Kier molecular flexibility index (Phi) is 33.0. The van der Waals surface area contributed by atoms with Gasteiger partial charge in [0.15, 0.2) is 6.29 Å². The first-order valence-corrected chi connectivity index (χ1v) is 45.5. The van der Waals surface area contributed by atoms with Gasteiger partial charge in [0.25, 0.3) is 0 Å². The highest BCUT2D eigenvalue weighted by Gasteiger charge is 2.24. The summed E-state index contributed by atoms with van der Waals surface area (Å²) in [7, 11) is -1.54. The van der Waals surface area contributed by atoms with E-state index in [4.69, 9.17) is 60.2 Å². The van der Waals surface area contributed by atoms with Gasteiger partial charge in [-0.05, 0) is 314 Å². The molecular weight excluding hydrogens is 1800 g/mol. The molecular formula is C84H78Cl4I2NO6PS8. The van der Waals surface area contributed by atoms with Crippen molar-refractivity contribution >= 4 is 243 Å². The molecule has 0 saturated carbocycles. The van der Waals surface area contributed by atoms with Gasteiger partial charge in [-0.25, -0.2) is 0 Å². The Morgan fingerprint density at radius 3 is 1.21 bits per heavy atom. The van der Waals surface area contributed by atoms with Crippen molar-refractivity contribution in [3.8, 4) is 39.0 Å². The predicted molar refractivity (Wildman–Crippen MR) is 486 cm³/mol. The summed E-state index contributed by atoms with van der Waals surface area (Å²) in [4.78, 5) is 37.9. The fourth-order valence-electron chi connectivity index (χ4n) is 10.7. The Morgan fingerprint density at radius 2 is 0.830 bits per heavy atom. The molecule has 0 aliphatic rings. The summed E-state index contributed by atoms with van der Waals surface area (Å²) in [5.41, 5.74) is 17.5. The van der Waals surface area contributed by atoms with Crippen LogP contribution in [-0.2, 0) is 35.7 Å². The van der Waals surface area contributed by atoms with Crippen molar-refractivity contribution in [1.29, 1.82) is 0 Å². The highest BCUT2D eigenvalue weighted by Crippen LogP contribution is 2.51. The monoisotopic (exact) mass is 1880 g/mol. The van der Waals surface area contributed by atoms with Crippen molar-refractivity contribution in [2.24, 2.45) is 0 Å². The smallest absolute Gasteiger partial charge is 0.335 e. The average molecular weight is 1880 g/mol. The molecule has 8 aromatic heterocycles. The molecule has 0 spiro atoms. The molecule has 13 rings (SSSR count). The van der Waals surface area contributed by atoms with Crippen molar-refractivity contribution in [1.82, 2.24) is 0 Å². The van der Waals surface area contributed by atoms with E-state index in [0.29, 0.717) is 32.2 Å². The molecule has 0 aliphatic carbocycles. The van der Waals surface area contributed by atoms with E-state index in [-0.39, 0.29) is 5.97 Å². The predicted octanol–water partition coefficient (Wildman–Crippen LogP) is 31.4. The number of aryl methyl sites for hydroxylation is 9. The number of benzene rings is 5. The zero-order valence-electron chi connectivity index (χ0n) is 60.1. The van der Waals surface area contributed by atoms with E-state index in [9.17, 15) is 14.2 Å². The van der Waals surface area contributed by atoms with Gasteiger partial charge >= 0.3 is 13.6 Å². The van der Waals surface area contributed by atoms with E-state index in [1.54, 1.807) is 68.0 Å². The Hall–Kier alpha value is -5.11. The Bertz CT molecular complexity index is 5130. The molecule has 0 fully saturated rings. The topological polar surface area (TPSA) is 82.1 Å². The number of carbonyl (C=O) groups is 2. The number of anilines is 3. The molecule has 0 radical (unpaired) electrons. The van der Waals surface area contributed by atoms with Crippen LogP contribution in [0.25, 0.3) is 63.3 Å². The molecule has 0 bridgehead atoms. The summed E-state index contributed by atoms with van der Waals surface area (Å²) >= 11 is 42.3. The number of carbonyl (C=O) groups excluding carboxylic acids is 2. The second-order valence-corrected chi connectivity index (χ2v) is 39.7. The van der Waals surface area contributed by atoms with E-state index in [0.717, 1.165) is 76.3 Å². The van der Waals surface area contributed by atoms with Gasteiger partial charge in [0, 0.05) is 79.4 Å². The second kappa shape index (κ2) is 41.2. The van der Waals surface area contributed by atoms with Gasteiger partial charge in [-0.3, -0.25) is 14.2 Å². The standard InChI is InChI=1S/C34H30ClNO2S2.C18H14ClIS2.C11H9ClOS2.C11H16IO3P.C10H9ClS2/c1-23-21-31(34-24(2)22-32(35)40-34)39-30(23)19-13-25-9-15-28(16-10-25)36(27-7-5-4-6-8-27)29-17-11-26(12-18-29)14-20-33(37)38-3;1-11-9-16(18-12(2)10-17(19)22-18)21-15(11)8-5-13-3-6-14(20)7-4-13;1-6-3-8(14-9(6)5-13)11-7(2)4-10(12)15-11;1-3-14-16(13,15-4-2)9-10-5-7-11(12)8-6-10;1-6-3-8(12-5-6)10-7(2)4-9(11)13-10/h4-13,15-19,21-22H,14,20H2,1-3H3;3-10H,1-2H3;3-5H,1-2H3;5-8H,3-4,9H2,1-2H3;3-5H,1-2H3/b19-13+;8-5+;;;. The van der Waals surface area contributed by atoms with E-state index >= 15 is 0 Å². The van der Waals surface area contributed by atoms with Gasteiger partial charge < -0.3 is 18.7 Å². The van der Waals surface area contributed by atoms with E-state index < -0.39 is 7.60 Å². The number of methoxy groups -OCH3 is 1. The van der Waals surface area contributed by atoms with Crippen LogP contribution in [0.3, 0.4) is 0 Å². The fourth-order valence-corrected chi connectivity index (χ4v) is 23.1. The molecule has 8 heterocycles. The fraction of sp³-hybridized carbons (Fsp3) is 0.190. The normalized spacial score (nSPS) is 11.2. The molecule has 0 N–H and O–H groups in total. The number of para-hydroxylation sites is 1.